The lowest BCUT2D eigenvalue weighted by molar-refractivity contribution is 0.0977. The van der Waals surface area contributed by atoms with E-state index < -0.39 is 0 Å². The van der Waals surface area contributed by atoms with Crippen LogP contribution in [0.1, 0.15) is 33.8 Å². The maximum absolute atomic E-state index is 13.2. The van der Waals surface area contributed by atoms with Crippen molar-refractivity contribution in [2.45, 2.75) is 12.3 Å². The van der Waals surface area contributed by atoms with Crippen molar-refractivity contribution in [3.63, 3.8) is 0 Å². The molecule has 3 aromatic carbocycles. The van der Waals surface area contributed by atoms with Gasteiger partial charge in [-0.2, -0.15) is 0 Å². The lowest BCUT2D eigenvalue weighted by Gasteiger charge is -2.17. The van der Waals surface area contributed by atoms with E-state index in [-0.39, 0.29) is 17.5 Å². The number of nitrogens with one attached hydrogen (secondary N) is 1. The zero-order valence-electron chi connectivity index (χ0n) is 15.5. The number of para-hydroxylation sites is 1. The molecule has 140 valence electrons. The molecule has 0 fully saturated rings. The van der Waals surface area contributed by atoms with E-state index in [1.807, 2.05) is 48.7 Å². The van der Waals surface area contributed by atoms with Crippen LogP contribution in [0.5, 0.6) is 5.75 Å². The van der Waals surface area contributed by atoms with E-state index in [2.05, 4.69) is 11.1 Å². The van der Waals surface area contributed by atoms with Crippen LogP contribution in [0, 0.1) is 5.82 Å². The number of halogens is 1. The van der Waals surface area contributed by atoms with Crippen molar-refractivity contribution in [2.24, 2.45) is 0 Å². The van der Waals surface area contributed by atoms with Crippen molar-refractivity contribution in [1.29, 1.82) is 0 Å². The Hall–Kier alpha value is -3.40. The number of methoxy groups -OCH3 is 1. The zero-order chi connectivity index (χ0) is 19.5. The number of aromatic amines is 1. The SMILES string of the molecule is COc1ccc(C(CC(=O)c2ccc(F)cc2)c2c[nH]c3ccccc23)cc1. The monoisotopic (exact) mass is 373 g/mol. The average Bonchev–Trinajstić information content (AvgIpc) is 3.16. The summed E-state index contributed by atoms with van der Waals surface area (Å²) in [6.45, 7) is 0. The van der Waals surface area contributed by atoms with E-state index in [9.17, 15) is 9.18 Å². The first kappa shape index (κ1) is 18.0. The Morgan fingerprint density at radius 3 is 2.43 bits per heavy atom. The molecular weight excluding hydrogens is 353 g/mol. The number of Topliss-reactive ketones (excluding diaryl/α,β-unsaturated/α-hetero) is 1. The van der Waals surface area contributed by atoms with E-state index in [1.165, 1.54) is 24.3 Å². The summed E-state index contributed by atoms with van der Waals surface area (Å²) >= 11 is 0. The maximum Gasteiger partial charge on any atom is 0.163 e. The number of hydrogen-bond donors (Lipinski definition) is 1. The van der Waals surface area contributed by atoms with E-state index >= 15 is 0 Å². The van der Waals surface area contributed by atoms with E-state index in [4.69, 9.17) is 4.74 Å². The number of ketones is 1. The van der Waals surface area contributed by atoms with Crippen molar-refractivity contribution in [1.82, 2.24) is 4.98 Å². The summed E-state index contributed by atoms with van der Waals surface area (Å²) in [4.78, 5) is 16.2. The molecule has 0 saturated carbocycles. The molecule has 1 heterocycles. The second-order valence-corrected chi connectivity index (χ2v) is 6.75. The van der Waals surface area contributed by atoms with E-state index in [0.717, 1.165) is 27.8 Å². The minimum atomic E-state index is -0.347. The summed E-state index contributed by atoms with van der Waals surface area (Å²) in [5.74, 6) is 0.275. The first-order valence-corrected chi connectivity index (χ1v) is 9.14. The number of hydrogen-bond acceptors (Lipinski definition) is 2. The third-order valence-corrected chi connectivity index (χ3v) is 5.07. The number of H-pyrrole nitrogens is 1. The summed E-state index contributed by atoms with van der Waals surface area (Å²) in [7, 11) is 1.63. The van der Waals surface area contributed by atoms with Crippen LogP contribution in [0.2, 0.25) is 0 Å². The Kier molecular flexibility index (Phi) is 4.94. The van der Waals surface area contributed by atoms with Gasteiger partial charge in [0.25, 0.3) is 0 Å². The molecule has 0 spiro atoms. The first-order chi connectivity index (χ1) is 13.7. The van der Waals surface area contributed by atoms with Gasteiger partial charge in [-0.15, -0.1) is 0 Å². The Morgan fingerprint density at radius 1 is 1.00 bits per heavy atom. The molecule has 4 heteroatoms. The second kappa shape index (κ2) is 7.69. The van der Waals surface area contributed by atoms with Gasteiger partial charge < -0.3 is 9.72 Å². The summed E-state index contributed by atoms with van der Waals surface area (Å²) < 4.78 is 18.5. The Bertz CT molecular complexity index is 1100. The largest absolute Gasteiger partial charge is 0.497 e. The van der Waals surface area contributed by atoms with Gasteiger partial charge in [0.05, 0.1) is 7.11 Å². The highest BCUT2D eigenvalue weighted by Gasteiger charge is 2.22. The van der Waals surface area contributed by atoms with Crippen LogP contribution in [0.3, 0.4) is 0 Å². The number of rotatable bonds is 6. The van der Waals surface area contributed by atoms with Gasteiger partial charge in [0.15, 0.2) is 5.78 Å². The van der Waals surface area contributed by atoms with Crippen LogP contribution in [0.15, 0.2) is 79.0 Å². The molecule has 0 aliphatic carbocycles. The number of fused-ring (bicyclic) bond motifs is 1. The first-order valence-electron chi connectivity index (χ1n) is 9.14. The van der Waals surface area contributed by atoms with Crippen molar-refractivity contribution < 1.29 is 13.9 Å². The van der Waals surface area contributed by atoms with Gasteiger partial charge >= 0.3 is 0 Å². The highest BCUT2D eigenvalue weighted by molar-refractivity contribution is 5.97. The van der Waals surface area contributed by atoms with Crippen LogP contribution in [0.25, 0.3) is 10.9 Å². The molecule has 28 heavy (non-hydrogen) atoms. The fraction of sp³-hybridized carbons (Fsp3) is 0.125. The van der Waals surface area contributed by atoms with Crippen LogP contribution < -0.4 is 4.74 Å². The molecule has 1 N–H and O–H groups in total. The maximum atomic E-state index is 13.2. The molecule has 1 unspecified atom stereocenters. The smallest absolute Gasteiger partial charge is 0.163 e. The summed E-state index contributed by atoms with van der Waals surface area (Å²) in [6.07, 6.45) is 2.26. The molecule has 0 saturated heterocycles. The second-order valence-electron chi connectivity index (χ2n) is 6.75. The molecule has 0 bridgehead atoms. The quantitative estimate of drug-likeness (QED) is 0.439. The Morgan fingerprint density at radius 2 is 1.71 bits per heavy atom. The molecule has 1 atom stereocenters. The van der Waals surface area contributed by atoms with Crippen molar-refractivity contribution >= 4 is 16.7 Å². The number of aromatic nitrogens is 1. The van der Waals surface area contributed by atoms with Gasteiger partial charge in [0, 0.05) is 35.0 Å². The number of carbonyl (C=O) groups is 1. The average molecular weight is 373 g/mol. The number of benzene rings is 3. The molecule has 4 rings (SSSR count). The van der Waals surface area contributed by atoms with Crippen molar-refractivity contribution in [3.05, 3.63) is 102 Å². The molecule has 0 radical (unpaired) electrons. The van der Waals surface area contributed by atoms with Crippen molar-refractivity contribution in [2.75, 3.05) is 7.11 Å². The van der Waals surface area contributed by atoms with Gasteiger partial charge in [-0.05, 0) is 53.6 Å². The van der Waals surface area contributed by atoms with Crippen LogP contribution in [-0.2, 0) is 0 Å². The summed E-state index contributed by atoms with van der Waals surface area (Å²) in [5, 5.41) is 1.09. The van der Waals surface area contributed by atoms with Gasteiger partial charge in [0.1, 0.15) is 11.6 Å². The lowest BCUT2D eigenvalue weighted by Crippen LogP contribution is -2.09. The molecule has 0 aliphatic heterocycles. The van der Waals surface area contributed by atoms with Crippen LogP contribution >= 0.6 is 0 Å². The van der Waals surface area contributed by atoms with E-state index in [1.54, 1.807) is 7.11 Å². The predicted octanol–water partition coefficient (Wildman–Crippen LogP) is 5.72. The lowest BCUT2D eigenvalue weighted by atomic mass is 9.85. The standard InChI is InChI=1S/C24H20FNO2/c1-28-19-12-8-16(9-13-19)21(14-24(27)17-6-10-18(25)11-7-17)22-15-26-23-5-3-2-4-20(22)23/h2-13,15,21,26H,14H2,1H3. The summed E-state index contributed by atoms with van der Waals surface area (Å²) in [6, 6.07) is 21.6. The highest BCUT2D eigenvalue weighted by Crippen LogP contribution is 2.35. The minimum Gasteiger partial charge on any atom is -0.497 e. The van der Waals surface area contributed by atoms with Gasteiger partial charge in [0.2, 0.25) is 0 Å². The van der Waals surface area contributed by atoms with Gasteiger partial charge in [-0.25, -0.2) is 4.39 Å². The predicted molar refractivity (Wildman–Crippen MR) is 108 cm³/mol. The topological polar surface area (TPSA) is 42.1 Å². The molecule has 1 aromatic heterocycles. The van der Waals surface area contributed by atoms with Crippen LogP contribution in [0.4, 0.5) is 4.39 Å². The van der Waals surface area contributed by atoms with Gasteiger partial charge in [-0.3, -0.25) is 4.79 Å². The third kappa shape index (κ3) is 3.54. The third-order valence-electron chi connectivity index (χ3n) is 5.07. The Labute approximate surface area is 162 Å². The fourth-order valence-corrected chi connectivity index (χ4v) is 3.56. The fourth-order valence-electron chi connectivity index (χ4n) is 3.56. The Balaban J connectivity index is 1.74. The normalized spacial score (nSPS) is 12.1. The molecular formula is C24H20FNO2. The molecule has 0 amide bonds. The van der Waals surface area contributed by atoms with Crippen molar-refractivity contribution in [3.8, 4) is 5.75 Å². The van der Waals surface area contributed by atoms with Crippen LogP contribution in [-0.4, -0.2) is 17.9 Å². The summed E-state index contributed by atoms with van der Waals surface area (Å²) in [5.41, 5.74) is 3.64. The zero-order valence-corrected chi connectivity index (χ0v) is 15.5. The molecule has 0 aliphatic rings. The molecule has 3 nitrogen and oxygen atoms in total. The van der Waals surface area contributed by atoms with Gasteiger partial charge in [-0.1, -0.05) is 30.3 Å². The highest BCUT2D eigenvalue weighted by atomic mass is 19.1. The number of ether oxygens (including phenoxy) is 1. The van der Waals surface area contributed by atoms with E-state index in [0.29, 0.717) is 12.0 Å². The molecule has 4 aromatic rings. The number of carbonyl (C=O) groups excluding carboxylic acids is 1. The minimum absolute atomic E-state index is 0.0221.